The van der Waals surface area contributed by atoms with Gasteiger partial charge in [-0.05, 0) is 29.8 Å². The van der Waals surface area contributed by atoms with Crippen LogP contribution in [0.4, 0.5) is 4.79 Å². The van der Waals surface area contributed by atoms with Gasteiger partial charge in [-0.15, -0.1) is 0 Å². The van der Waals surface area contributed by atoms with Gasteiger partial charge >= 0.3 is 6.03 Å². The van der Waals surface area contributed by atoms with Gasteiger partial charge in [0.25, 0.3) is 11.8 Å². The molecule has 152 valence electrons. The van der Waals surface area contributed by atoms with Crippen LogP contribution in [0.5, 0.6) is 5.75 Å². The number of amides is 4. The number of furan rings is 1. The molecule has 9 nitrogen and oxygen atoms in total. The minimum atomic E-state index is -1.60. The number of rotatable bonds is 4. The summed E-state index contributed by atoms with van der Waals surface area (Å²) >= 11 is 6.14. The number of hydrogen-bond donors (Lipinski definition) is 2. The van der Waals surface area contributed by atoms with Gasteiger partial charge in [-0.25, -0.2) is 9.78 Å². The van der Waals surface area contributed by atoms with Crippen molar-refractivity contribution in [3.63, 3.8) is 0 Å². The molecule has 3 aromatic rings. The molecule has 30 heavy (non-hydrogen) atoms. The Morgan fingerprint density at radius 1 is 1.27 bits per heavy atom. The van der Waals surface area contributed by atoms with Crippen molar-refractivity contribution in [3.8, 4) is 5.75 Å². The smallest absolute Gasteiger partial charge is 0.322 e. The molecule has 1 saturated heterocycles. The zero-order valence-corrected chi connectivity index (χ0v) is 16.4. The number of hydrogen-bond acceptors (Lipinski definition) is 6. The number of carbonyl (C=O) groups excluding carboxylic acids is 3. The fourth-order valence-electron chi connectivity index (χ4n) is 3.88. The lowest BCUT2D eigenvalue weighted by molar-refractivity contribution is -0.125. The van der Waals surface area contributed by atoms with Gasteiger partial charge in [-0.2, -0.15) is 0 Å². The van der Waals surface area contributed by atoms with Crippen LogP contribution in [0.3, 0.4) is 0 Å². The highest BCUT2D eigenvalue weighted by Crippen LogP contribution is 2.36. The van der Waals surface area contributed by atoms with E-state index in [2.05, 4.69) is 15.6 Å². The summed E-state index contributed by atoms with van der Waals surface area (Å²) in [6, 6.07) is 7.73. The number of urea groups is 1. The molecule has 0 saturated carbocycles. The minimum absolute atomic E-state index is 0.120. The van der Waals surface area contributed by atoms with E-state index in [0.717, 1.165) is 5.56 Å². The Balaban J connectivity index is 1.56. The summed E-state index contributed by atoms with van der Waals surface area (Å²) in [5, 5.41) is 5.58. The maximum Gasteiger partial charge on any atom is 0.322 e. The van der Waals surface area contributed by atoms with Crippen LogP contribution in [0.1, 0.15) is 21.7 Å². The molecule has 2 N–H and O–H groups in total. The molecular formula is C20H15ClN4O5. The zero-order valence-electron chi connectivity index (χ0n) is 15.7. The fraction of sp³-hybridized carbons (Fsp3) is 0.200. The van der Waals surface area contributed by atoms with Crippen molar-refractivity contribution in [2.24, 2.45) is 0 Å². The van der Waals surface area contributed by atoms with Crippen LogP contribution in [0, 0.1) is 0 Å². The molecule has 10 heteroatoms. The van der Waals surface area contributed by atoms with E-state index in [0.29, 0.717) is 22.3 Å². The number of benzene rings is 1. The predicted octanol–water partition coefficient (Wildman–Crippen LogP) is 2.18. The van der Waals surface area contributed by atoms with Crippen molar-refractivity contribution in [1.82, 2.24) is 20.5 Å². The Hall–Kier alpha value is -3.59. The summed E-state index contributed by atoms with van der Waals surface area (Å²) in [5.41, 5.74) is 0.115. The molecule has 1 atom stereocenters. The van der Waals surface area contributed by atoms with Gasteiger partial charge in [0.1, 0.15) is 22.2 Å². The van der Waals surface area contributed by atoms with Crippen molar-refractivity contribution in [1.29, 1.82) is 0 Å². The molecule has 0 spiro atoms. The quantitative estimate of drug-likeness (QED) is 0.488. The first-order chi connectivity index (χ1) is 14.4. The number of fused-ring (bicyclic) bond motifs is 2. The van der Waals surface area contributed by atoms with E-state index < -0.39 is 17.5 Å². The number of nitrogens with zero attached hydrogens (tertiary/aromatic N) is 2. The lowest BCUT2D eigenvalue weighted by atomic mass is 9.95. The zero-order chi connectivity index (χ0) is 21.0. The second-order valence-corrected chi connectivity index (χ2v) is 7.48. The van der Waals surface area contributed by atoms with E-state index in [9.17, 15) is 14.4 Å². The molecule has 2 aromatic heterocycles. The molecule has 0 bridgehead atoms. The first-order valence-corrected chi connectivity index (χ1v) is 9.43. The van der Waals surface area contributed by atoms with Crippen LogP contribution < -0.4 is 15.4 Å². The van der Waals surface area contributed by atoms with Gasteiger partial charge in [-0.1, -0.05) is 17.7 Å². The van der Waals surface area contributed by atoms with E-state index in [4.69, 9.17) is 20.8 Å². The topological polar surface area (TPSA) is 114 Å². The maximum atomic E-state index is 13.0. The third kappa shape index (κ3) is 2.62. The highest BCUT2D eigenvalue weighted by molar-refractivity contribution is 6.34. The van der Waals surface area contributed by atoms with E-state index in [1.54, 1.807) is 30.3 Å². The third-order valence-corrected chi connectivity index (χ3v) is 5.68. The molecule has 1 unspecified atom stereocenters. The SMILES string of the molecule is COc1ccc2c(c1)C(=O)N(CC1(c3cc4c(Cl)nccc4o3)NC(=O)NC1=O)C2. The van der Waals surface area contributed by atoms with Crippen LogP contribution in [-0.4, -0.2) is 41.4 Å². The standard InChI is InChI=1S/C20H15ClN4O5/c1-29-11-3-2-10-8-25(17(26)12(10)6-11)9-20(18(27)23-19(28)24-20)15-7-13-14(30-15)4-5-22-16(13)21/h2-7H,8-9H2,1H3,(H2,23,24,27,28). The lowest BCUT2D eigenvalue weighted by Crippen LogP contribution is -2.52. The second kappa shape index (κ2) is 6.46. The average Bonchev–Trinajstić information content (AvgIpc) is 3.38. The van der Waals surface area contributed by atoms with Crippen LogP contribution in [0.2, 0.25) is 5.15 Å². The van der Waals surface area contributed by atoms with Crippen molar-refractivity contribution < 1.29 is 23.5 Å². The molecule has 0 aliphatic carbocycles. The Kier molecular flexibility index (Phi) is 3.97. The molecule has 0 radical (unpaired) electrons. The summed E-state index contributed by atoms with van der Waals surface area (Å²) in [6.45, 7) is 0.164. The van der Waals surface area contributed by atoms with Crippen LogP contribution >= 0.6 is 11.6 Å². The highest BCUT2D eigenvalue weighted by Gasteiger charge is 2.53. The van der Waals surface area contributed by atoms with Gasteiger partial charge < -0.3 is 19.4 Å². The van der Waals surface area contributed by atoms with Crippen LogP contribution in [0.15, 0.2) is 40.9 Å². The molecule has 5 rings (SSSR count). The molecule has 4 heterocycles. The number of methoxy groups -OCH3 is 1. The van der Waals surface area contributed by atoms with Crippen LogP contribution in [-0.2, 0) is 16.9 Å². The Morgan fingerprint density at radius 2 is 2.10 bits per heavy atom. The Labute approximate surface area is 174 Å². The lowest BCUT2D eigenvalue weighted by Gasteiger charge is -2.29. The summed E-state index contributed by atoms with van der Waals surface area (Å²) in [5.74, 6) is -0.160. The molecule has 1 fully saturated rings. The maximum absolute atomic E-state index is 13.0. The number of pyridine rings is 1. The molecule has 2 aliphatic rings. The summed E-state index contributed by atoms with van der Waals surface area (Å²) in [7, 11) is 1.52. The van der Waals surface area contributed by atoms with E-state index in [1.807, 2.05) is 0 Å². The largest absolute Gasteiger partial charge is 0.497 e. The van der Waals surface area contributed by atoms with Gasteiger partial charge in [-0.3, -0.25) is 14.9 Å². The second-order valence-electron chi connectivity index (χ2n) is 7.12. The number of ether oxygens (including phenoxy) is 1. The van der Waals surface area contributed by atoms with Crippen molar-refractivity contribution in [3.05, 3.63) is 58.6 Å². The van der Waals surface area contributed by atoms with Crippen molar-refractivity contribution in [2.45, 2.75) is 12.1 Å². The molecule has 2 aliphatic heterocycles. The molecule has 4 amide bonds. The van der Waals surface area contributed by atoms with Gasteiger partial charge in [0.15, 0.2) is 5.54 Å². The monoisotopic (exact) mass is 426 g/mol. The highest BCUT2D eigenvalue weighted by atomic mass is 35.5. The van der Waals surface area contributed by atoms with Gasteiger partial charge in [0.05, 0.1) is 19.0 Å². The molecular weight excluding hydrogens is 412 g/mol. The number of halogens is 1. The number of carbonyl (C=O) groups is 3. The first kappa shape index (κ1) is 18.4. The van der Waals surface area contributed by atoms with E-state index in [1.165, 1.54) is 18.2 Å². The average molecular weight is 427 g/mol. The summed E-state index contributed by atoms with van der Waals surface area (Å²) in [4.78, 5) is 43.4. The summed E-state index contributed by atoms with van der Waals surface area (Å²) < 4.78 is 11.1. The number of nitrogens with one attached hydrogen (secondary N) is 2. The Bertz CT molecular complexity index is 1240. The Morgan fingerprint density at radius 3 is 2.80 bits per heavy atom. The van der Waals surface area contributed by atoms with E-state index in [-0.39, 0.29) is 29.9 Å². The van der Waals surface area contributed by atoms with E-state index >= 15 is 0 Å². The normalized spacial score (nSPS) is 20.5. The third-order valence-electron chi connectivity index (χ3n) is 5.38. The van der Waals surface area contributed by atoms with Crippen molar-refractivity contribution in [2.75, 3.05) is 13.7 Å². The van der Waals surface area contributed by atoms with Gasteiger partial charge in [0, 0.05) is 18.3 Å². The van der Waals surface area contributed by atoms with Crippen LogP contribution in [0.25, 0.3) is 11.0 Å². The first-order valence-electron chi connectivity index (χ1n) is 9.05. The number of aromatic nitrogens is 1. The fourth-order valence-corrected chi connectivity index (χ4v) is 4.08. The van der Waals surface area contributed by atoms with Gasteiger partial charge in [0.2, 0.25) is 0 Å². The molecule has 1 aromatic carbocycles. The van der Waals surface area contributed by atoms with Crippen molar-refractivity contribution >= 4 is 40.4 Å². The minimum Gasteiger partial charge on any atom is -0.497 e. The summed E-state index contributed by atoms with van der Waals surface area (Å²) in [6.07, 6.45) is 1.48. The predicted molar refractivity (Wildman–Crippen MR) is 105 cm³/mol. The number of imide groups is 1.